The number of carbonyl (C=O) groups is 2. The molecule has 31 heavy (non-hydrogen) atoms. The lowest BCUT2D eigenvalue weighted by Gasteiger charge is -2.12. The summed E-state index contributed by atoms with van der Waals surface area (Å²) < 4.78 is 11.3. The maximum atomic E-state index is 12.9. The van der Waals surface area contributed by atoms with Crippen LogP contribution in [0.25, 0.3) is 6.08 Å². The van der Waals surface area contributed by atoms with Crippen molar-refractivity contribution in [1.29, 1.82) is 0 Å². The topological polar surface area (TPSA) is 88.4 Å². The van der Waals surface area contributed by atoms with E-state index in [1.807, 2.05) is 39.0 Å². The van der Waals surface area contributed by atoms with Crippen LogP contribution in [0.1, 0.15) is 36.7 Å². The highest BCUT2D eigenvalue weighted by Crippen LogP contribution is 2.36. The summed E-state index contributed by atoms with van der Waals surface area (Å²) in [6.45, 7) is 7.17. The molecular formula is C23H24N2O5S. The Labute approximate surface area is 185 Å². The lowest BCUT2D eigenvalue weighted by molar-refractivity contribution is -0.122. The van der Waals surface area contributed by atoms with Crippen LogP contribution in [-0.2, 0) is 4.79 Å². The van der Waals surface area contributed by atoms with Gasteiger partial charge in [0.05, 0.1) is 29.4 Å². The standard InChI is InChI=1S/C23H24N2O5S/c1-4-25-21(26)20(13-15-10-11-18(29-5-2)19(12-15)30-6-3)31-23(25)24-17-9-7-8-16(14-17)22(27)28/h7-14H,4-6H2,1-3H3,(H,27,28)/b20-13+,24-23?. The number of thioether (sulfide) groups is 1. The minimum Gasteiger partial charge on any atom is -0.490 e. The van der Waals surface area contributed by atoms with Gasteiger partial charge in [0.1, 0.15) is 0 Å². The van der Waals surface area contributed by atoms with Gasteiger partial charge in [0.15, 0.2) is 16.7 Å². The Kier molecular flexibility index (Phi) is 7.36. The summed E-state index contributed by atoms with van der Waals surface area (Å²) in [5, 5.41) is 9.70. The molecule has 1 aliphatic rings. The number of likely N-dealkylation sites (N-methyl/N-ethyl adjacent to an activating group) is 1. The van der Waals surface area contributed by atoms with E-state index in [0.29, 0.717) is 47.0 Å². The Morgan fingerprint density at radius 1 is 1.10 bits per heavy atom. The first-order chi connectivity index (χ1) is 15.0. The minimum absolute atomic E-state index is 0.146. The number of amides is 1. The van der Waals surface area contributed by atoms with E-state index in [2.05, 4.69) is 4.99 Å². The second kappa shape index (κ2) is 10.2. The van der Waals surface area contributed by atoms with Gasteiger partial charge in [-0.1, -0.05) is 12.1 Å². The van der Waals surface area contributed by atoms with E-state index >= 15 is 0 Å². The van der Waals surface area contributed by atoms with Crippen LogP contribution in [0.3, 0.4) is 0 Å². The van der Waals surface area contributed by atoms with Crippen LogP contribution in [0.15, 0.2) is 52.4 Å². The first-order valence-electron chi connectivity index (χ1n) is 9.99. The van der Waals surface area contributed by atoms with Crippen LogP contribution in [-0.4, -0.2) is 46.8 Å². The van der Waals surface area contributed by atoms with Crippen LogP contribution in [0.2, 0.25) is 0 Å². The fourth-order valence-corrected chi connectivity index (χ4v) is 4.06. The summed E-state index contributed by atoms with van der Waals surface area (Å²) in [6.07, 6.45) is 1.80. The highest BCUT2D eigenvalue weighted by atomic mass is 32.2. The molecule has 0 aliphatic carbocycles. The lowest BCUT2D eigenvalue weighted by atomic mass is 10.2. The molecule has 1 amide bonds. The van der Waals surface area contributed by atoms with Gasteiger partial charge in [-0.05, 0) is 74.5 Å². The second-order valence-electron chi connectivity index (χ2n) is 6.48. The number of hydrogen-bond acceptors (Lipinski definition) is 6. The van der Waals surface area contributed by atoms with Gasteiger partial charge in [-0.15, -0.1) is 0 Å². The third-order valence-electron chi connectivity index (χ3n) is 4.39. The minimum atomic E-state index is -1.02. The molecule has 0 unspecified atom stereocenters. The quantitative estimate of drug-likeness (QED) is 0.593. The third kappa shape index (κ3) is 5.27. The molecule has 1 heterocycles. The molecule has 1 fully saturated rings. The molecule has 2 aromatic rings. The number of rotatable bonds is 8. The molecule has 0 spiro atoms. The molecule has 0 saturated carbocycles. The highest BCUT2D eigenvalue weighted by molar-refractivity contribution is 8.18. The van der Waals surface area contributed by atoms with Crippen molar-refractivity contribution in [2.75, 3.05) is 19.8 Å². The van der Waals surface area contributed by atoms with E-state index in [0.717, 1.165) is 5.56 Å². The molecule has 0 atom stereocenters. The SMILES string of the molecule is CCOc1ccc(/C=C2/SC(=Nc3cccc(C(=O)O)c3)N(CC)C2=O)cc1OCC. The number of carboxylic acids is 1. The van der Waals surface area contributed by atoms with Crippen LogP contribution < -0.4 is 9.47 Å². The summed E-state index contributed by atoms with van der Waals surface area (Å²) in [4.78, 5) is 30.7. The first-order valence-corrected chi connectivity index (χ1v) is 10.8. The van der Waals surface area contributed by atoms with Crippen molar-refractivity contribution in [3.05, 3.63) is 58.5 Å². The number of nitrogens with zero attached hydrogens (tertiary/aromatic N) is 2. The Hall–Kier alpha value is -3.26. The number of hydrogen-bond donors (Lipinski definition) is 1. The molecular weight excluding hydrogens is 416 g/mol. The molecule has 8 heteroatoms. The number of benzene rings is 2. The predicted molar refractivity (Wildman–Crippen MR) is 122 cm³/mol. The number of carbonyl (C=O) groups excluding carboxylic acids is 1. The van der Waals surface area contributed by atoms with Crippen LogP contribution in [0.5, 0.6) is 11.5 Å². The highest BCUT2D eigenvalue weighted by Gasteiger charge is 2.32. The number of amidine groups is 1. The van der Waals surface area contributed by atoms with E-state index in [9.17, 15) is 14.7 Å². The lowest BCUT2D eigenvalue weighted by Crippen LogP contribution is -2.28. The number of ether oxygens (including phenoxy) is 2. The second-order valence-corrected chi connectivity index (χ2v) is 7.49. The molecule has 162 valence electrons. The summed E-state index contributed by atoms with van der Waals surface area (Å²) >= 11 is 1.26. The van der Waals surface area contributed by atoms with E-state index < -0.39 is 5.97 Å². The van der Waals surface area contributed by atoms with Crippen LogP contribution in [0.4, 0.5) is 5.69 Å². The van der Waals surface area contributed by atoms with Gasteiger partial charge >= 0.3 is 5.97 Å². The largest absolute Gasteiger partial charge is 0.490 e. The van der Waals surface area contributed by atoms with Crippen molar-refractivity contribution in [1.82, 2.24) is 4.90 Å². The van der Waals surface area contributed by atoms with Gasteiger partial charge < -0.3 is 14.6 Å². The van der Waals surface area contributed by atoms with Crippen molar-refractivity contribution in [3.8, 4) is 11.5 Å². The molecule has 0 bridgehead atoms. The molecule has 3 rings (SSSR count). The average molecular weight is 441 g/mol. The average Bonchev–Trinajstić information content (AvgIpc) is 3.04. The fourth-order valence-electron chi connectivity index (χ4n) is 3.00. The van der Waals surface area contributed by atoms with Crippen LogP contribution >= 0.6 is 11.8 Å². The molecule has 7 nitrogen and oxygen atoms in total. The zero-order chi connectivity index (χ0) is 22.4. The molecule has 0 radical (unpaired) electrons. The summed E-state index contributed by atoms with van der Waals surface area (Å²) in [7, 11) is 0. The van der Waals surface area contributed by atoms with Crippen molar-refractivity contribution < 1.29 is 24.2 Å². The molecule has 0 aromatic heterocycles. The van der Waals surface area contributed by atoms with E-state index in [1.54, 1.807) is 23.1 Å². The monoisotopic (exact) mass is 440 g/mol. The van der Waals surface area contributed by atoms with Crippen molar-refractivity contribution >= 4 is 40.6 Å². The van der Waals surface area contributed by atoms with E-state index in [1.165, 1.54) is 23.9 Å². The van der Waals surface area contributed by atoms with Gasteiger partial charge in [-0.3, -0.25) is 9.69 Å². The Morgan fingerprint density at radius 3 is 2.52 bits per heavy atom. The smallest absolute Gasteiger partial charge is 0.335 e. The molecule has 1 aliphatic heterocycles. The van der Waals surface area contributed by atoms with Crippen molar-refractivity contribution in [2.45, 2.75) is 20.8 Å². The zero-order valence-corrected chi connectivity index (χ0v) is 18.4. The summed E-state index contributed by atoms with van der Waals surface area (Å²) in [5.74, 6) is 0.117. The molecule has 1 saturated heterocycles. The fraction of sp³-hybridized carbons (Fsp3) is 0.261. The van der Waals surface area contributed by atoms with Crippen molar-refractivity contribution in [2.24, 2.45) is 4.99 Å². The Balaban J connectivity index is 1.92. The molecule has 2 aromatic carbocycles. The maximum absolute atomic E-state index is 12.9. The van der Waals surface area contributed by atoms with Gasteiger partial charge in [-0.25, -0.2) is 9.79 Å². The predicted octanol–water partition coefficient (Wildman–Crippen LogP) is 4.81. The number of carboxylic acid groups (broad SMARTS) is 1. The van der Waals surface area contributed by atoms with Gasteiger partial charge in [0.2, 0.25) is 0 Å². The van der Waals surface area contributed by atoms with Gasteiger partial charge in [0, 0.05) is 6.54 Å². The van der Waals surface area contributed by atoms with Crippen molar-refractivity contribution in [3.63, 3.8) is 0 Å². The Bertz CT molecular complexity index is 1050. The summed E-state index contributed by atoms with van der Waals surface area (Å²) in [6, 6.07) is 11.9. The van der Waals surface area contributed by atoms with Gasteiger partial charge in [0.25, 0.3) is 5.91 Å². The number of aromatic carboxylic acids is 1. The zero-order valence-electron chi connectivity index (χ0n) is 17.6. The van der Waals surface area contributed by atoms with Gasteiger partial charge in [-0.2, -0.15) is 0 Å². The Morgan fingerprint density at radius 2 is 1.84 bits per heavy atom. The van der Waals surface area contributed by atoms with Crippen LogP contribution in [0, 0.1) is 0 Å². The normalized spacial score (nSPS) is 16.2. The third-order valence-corrected chi connectivity index (χ3v) is 5.39. The van der Waals surface area contributed by atoms with E-state index in [4.69, 9.17) is 9.47 Å². The maximum Gasteiger partial charge on any atom is 0.335 e. The first kappa shape index (κ1) is 22.4. The summed E-state index contributed by atoms with van der Waals surface area (Å²) in [5.41, 5.74) is 1.44. The number of aliphatic imine (C=N–C) groups is 1. The molecule has 1 N–H and O–H groups in total. The van der Waals surface area contributed by atoms with E-state index in [-0.39, 0.29) is 11.5 Å².